The van der Waals surface area contributed by atoms with Crippen molar-refractivity contribution in [2.75, 3.05) is 36.5 Å². The first-order chi connectivity index (χ1) is 14.6. The number of aryl methyl sites for hydroxylation is 1. The molecule has 0 unspecified atom stereocenters. The number of H-pyrrole nitrogens is 1. The van der Waals surface area contributed by atoms with Gasteiger partial charge >= 0.3 is 0 Å². The number of anilines is 2. The zero-order valence-corrected chi connectivity index (χ0v) is 16.3. The van der Waals surface area contributed by atoms with Crippen molar-refractivity contribution in [3.05, 3.63) is 35.9 Å². The molecule has 0 spiro atoms. The molecular formula is C19H20F2N8O. The largest absolute Gasteiger partial charge is 0.378 e. The number of ether oxygens (including phenoxy) is 1. The molecule has 4 heterocycles. The van der Waals surface area contributed by atoms with Crippen LogP contribution >= 0.6 is 0 Å². The van der Waals surface area contributed by atoms with Gasteiger partial charge in [-0.1, -0.05) is 0 Å². The van der Waals surface area contributed by atoms with Crippen molar-refractivity contribution >= 4 is 34.0 Å². The van der Waals surface area contributed by atoms with E-state index in [-0.39, 0.29) is 12.1 Å². The minimum atomic E-state index is -0.962. The quantitative estimate of drug-likeness (QED) is 0.518. The summed E-state index contributed by atoms with van der Waals surface area (Å²) in [6.45, 7) is 5.65. The molecule has 2 N–H and O–H groups in total. The maximum Gasteiger partial charge on any atom is 0.229 e. The van der Waals surface area contributed by atoms with E-state index in [0.29, 0.717) is 54.9 Å². The third kappa shape index (κ3) is 3.20. The van der Waals surface area contributed by atoms with Crippen LogP contribution in [0.25, 0.3) is 22.2 Å². The first-order valence-corrected chi connectivity index (χ1v) is 9.76. The standard InChI is InChI=1S/C19H20F2N8O/c1-2-28-10-23-16-17(26-19(27-18(16)28)29-5-7-30-8-6-29)22-9-13-24-12-4-3-11(20)14(21)15(12)25-13/h3-4,10H,2,5-9H2,1H3,(H,24,25)(H,22,26,27). The van der Waals surface area contributed by atoms with E-state index in [1.807, 2.05) is 11.5 Å². The lowest BCUT2D eigenvalue weighted by Crippen LogP contribution is -2.37. The Labute approximate surface area is 170 Å². The van der Waals surface area contributed by atoms with Crippen LogP contribution in [0, 0.1) is 11.6 Å². The summed E-state index contributed by atoms with van der Waals surface area (Å²) < 4.78 is 34.8. The van der Waals surface area contributed by atoms with Gasteiger partial charge in [0.05, 0.1) is 31.6 Å². The molecular weight excluding hydrogens is 394 g/mol. The van der Waals surface area contributed by atoms with Crippen LogP contribution < -0.4 is 10.2 Å². The molecule has 1 aliphatic heterocycles. The van der Waals surface area contributed by atoms with E-state index >= 15 is 0 Å². The van der Waals surface area contributed by atoms with Crippen molar-refractivity contribution in [1.82, 2.24) is 29.5 Å². The minimum Gasteiger partial charge on any atom is -0.378 e. The normalized spacial score (nSPS) is 14.7. The van der Waals surface area contributed by atoms with Gasteiger partial charge in [0.2, 0.25) is 5.95 Å². The molecule has 3 aromatic heterocycles. The Hall–Kier alpha value is -3.34. The molecule has 0 aliphatic carbocycles. The average Bonchev–Trinajstić information content (AvgIpc) is 3.39. The minimum absolute atomic E-state index is 0.0242. The number of hydrogen-bond donors (Lipinski definition) is 2. The molecule has 11 heteroatoms. The molecule has 30 heavy (non-hydrogen) atoms. The fourth-order valence-electron chi connectivity index (χ4n) is 3.51. The smallest absolute Gasteiger partial charge is 0.229 e. The molecule has 9 nitrogen and oxygen atoms in total. The summed E-state index contributed by atoms with van der Waals surface area (Å²) >= 11 is 0. The number of nitrogens with one attached hydrogen (secondary N) is 2. The SMILES string of the molecule is CCn1cnc2c(NCc3nc4c(F)c(F)ccc4[nH]3)nc(N3CCOCC3)nc21. The molecule has 1 fully saturated rings. The third-order valence-electron chi connectivity index (χ3n) is 5.10. The second kappa shape index (κ2) is 7.48. The fraction of sp³-hybridized carbons (Fsp3) is 0.368. The van der Waals surface area contributed by atoms with E-state index in [1.54, 1.807) is 6.33 Å². The van der Waals surface area contributed by atoms with Gasteiger partial charge in [-0.2, -0.15) is 9.97 Å². The van der Waals surface area contributed by atoms with Crippen LogP contribution in [0.1, 0.15) is 12.7 Å². The number of morpholine rings is 1. The molecule has 0 saturated carbocycles. The molecule has 1 aromatic carbocycles. The highest BCUT2D eigenvalue weighted by Gasteiger charge is 2.19. The van der Waals surface area contributed by atoms with Crippen molar-refractivity contribution in [1.29, 1.82) is 0 Å². The van der Waals surface area contributed by atoms with E-state index in [0.717, 1.165) is 18.3 Å². The molecule has 0 atom stereocenters. The van der Waals surface area contributed by atoms with Crippen LogP contribution in [-0.4, -0.2) is 55.8 Å². The van der Waals surface area contributed by atoms with E-state index < -0.39 is 11.6 Å². The number of aromatic amines is 1. The second-order valence-corrected chi connectivity index (χ2v) is 6.97. The highest BCUT2D eigenvalue weighted by Crippen LogP contribution is 2.24. The van der Waals surface area contributed by atoms with Crippen LogP contribution in [0.15, 0.2) is 18.5 Å². The predicted octanol–water partition coefficient (Wildman–Crippen LogP) is 2.45. The molecule has 1 saturated heterocycles. The molecule has 0 amide bonds. The second-order valence-electron chi connectivity index (χ2n) is 6.97. The zero-order valence-electron chi connectivity index (χ0n) is 16.3. The van der Waals surface area contributed by atoms with Gasteiger partial charge in [0, 0.05) is 19.6 Å². The van der Waals surface area contributed by atoms with Crippen molar-refractivity contribution in [2.24, 2.45) is 0 Å². The van der Waals surface area contributed by atoms with Gasteiger partial charge in [0.25, 0.3) is 0 Å². The summed E-state index contributed by atoms with van der Waals surface area (Å²) in [5.74, 6) is -0.270. The van der Waals surface area contributed by atoms with Gasteiger partial charge < -0.3 is 24.5 Å². The van der Waals surface area contributed by atoms with Crippen molar-refractivity contribution in [3.8, 4) is 0 Å². The van der Waals surface area contributed by atoms with Crippen molar-refractivity contribution in [3.63, 3.8) is 0 Å². The monoisotopic (exact) mass is 414 g/mol. The Kier molecular flexibility index (Phi) is 4.66. The summed E-state index contributed by atoms with van der Waals surface area (Å²) in [5.41, 5.74) is 1.78. The Balaban J connectivity index is 1.48. The van der Waals surface area contributed by atoms with Crippen LogP contribution in [-0.2, 0) is 17.8 Å². The highest BCUT2D eigenvalue weighted by atomic mass is 19.2. The number of hydrogen-bond acceptors (Lipinski definition) is 7. The number of halogens is 2. The van der Waals surface area contributed by atoms with Crippen LogP contribution in [0.5, 0.6) is 0 Å². The predicted molar refractivity (Wildman–Crippen MR) is 107 cm³/mol. The Morgan fingerprint density at radius 3 is 2.77 bits per heavy atom. The summed E-state index contributed by atoms with van der Waals surface area (Å²) in [5, 5.41) is 3.22. The maximum absolute atomic E-state index is 14.0. The Bertz CT molecular complexity index is 1210. The van der Waals surface area contributed by atoms with E-state index in [2.05, 4.69) is 30.2 Å². The number of imidazole rings is 2. The van der Waals surface area contributed by atoms with Crippen LogP contribution in [0.2, 0.25) is 0 Å². The third-order valence-corrected chi connectivity index (χ3v) is 5.10. The number of aromatic nitrogens is 6. The fourth-order valence-corrected chi connectivity index (χ4v) is 3.51. The number of nitrogens with zero attached hydrogens (tertiary/aromatic N) is 6. The summed E-state index contributed by atoms with van der Waals surface area (Å²) in [6.07, 6.45) is 1.73. The lowest BCUT2D eigenvalue weighted by molar-refractivity contribution is 0.122. The first kappa shape index (κ1) is 18.7. The van der Waals surface area contributed by atoms with E-state index in [9.17, 15) is 8.78 Å². The molecule has 5 rings (SSSR count). The van der Waals surface area contributed by atoms with E-state index in [4.69, 9.17) is 9.72 Å². The Morgan fingerprint density at radius 2 is 1.97 bits per heavy atom. The van der Waals surface area contributed by atoms with Crippen LogP contribution in [0.3, 0.4) is 0 Å². The molecule has 4 aromatic rings. The van der Waals surface area contributed by atoms with Crippen LogP contribution in [0.4, 0.5) is 20.5 Å². The highest BCUT2D eigenvalue weighted by molar-refractivity contribution is 5.84. The van der Waals surface area contributed by atoms with Crippen molar-refractivity contribution in [2.45, 2.75) is 20.0 Å². The lowest BCUT2D eigenvalue weighted by Gasteiger charge is -2.27. The summed E-state index contributed by atoms with van der Waals surface area (Å²) in [7, 11) is 0. The van der Waals surface area contributed by atoms with Gasteiger partial charge in [0.1, 0.15) is 11.3 Å². The first-order valence-electron chi connectivity index (χ1n) is 9.76. The van der Waals surface area contributed by atoms with Gasteiger partial charge in [0.15, 0.2) is 28.6 Å². The summed E-state index contributed by atoms with van der Waals surface area (Å²) in [6, 6.07) is 2.54. The van der Waals surface area contributed by atoms with Gasteiger partial charge in [-0.25, -0.2) is 18.7 Å². The van der Waals surface area contributed by atoms with Gasteiger partial charge in [-0.15, -0.1) is 0 Å². The molecule has 1 aliphatic rings. The molecule has 156 valence electrons. The lowest BCUT2D eigenvalue weighted by atomic mass is 10.3. The number of fused-ring (bicyclic) bond motifs is 2. The average molecular weight is 414 g/mol. The van der Waals surface area contributed by atoms with Gasteiger partial charge in [-0.3, -0.25) is 0 Å². The molecule has 0 radical (unpaired) electrons. The van der Waals surface area contributed by atoms with Crippen molar-refractivity contribution < 1.29 is 13.5 Å². The topological polar surface area (TPSA) is 96.8 Å². The maximum atomic E-state index is 14.0. The Morgan fingerprint density at radius 1 is 1.13 bits per heavy atom. The van der Waals surface area contributed by atoms with E-state index in [1.165, 1.54) is 6.07 Å². The summed E-state index contributed by atoms with van der Waals surface area (Å²) in [4.78, 5) is 23.1. The molecule has 0 bridgehead atoms. The number of rotatable bonds is 5. The number of benzene rings is 1. The zero-order chi connectivity index (χ0) is 20.7. The van der Waals surface area contributed by atoms with Gasteiger partial charge in [-0.05, 0) is 19.1 Å².